The monoisotopic (exact) mass is 394 g/mol. The van der Waals surface area contributed by atoms with Crippen molar-refractivity contribution in [1.29, 1.82) is 0 Å². The van der Waals surface area contributed by atoms with Crippen molar-refractivity contribution in [2.75, 3.05) is 6.61 Å². The van der Waals surface area contributed by atoms with Crippen molar-refractivity contribution in [3.63, 3.8) is 0 Å². The predicted molar refractivity (Wildman–Crippen MR) is 89.4 cm³/mol. The molecule has 0 spiro atoms. The molecule has 2 aromatic rings. The van der Waals surface area contributed by atoms with Gasteiger partial charge in [-0.05, 0) is 11.1 Å². The van der Waals surface area contributed by atoms with E-state index in [1.54, 1.807) is 0 Å². The molecule has 0 heterocycles. The van der Waals surface area contributed by atoms with Crippen LogP contribution in [0.25, 0.3) is 0 Å². The number of alkyl halides is 2. The second kappa shape index (κ2) is 6.00. The molecule has 0 bridgehead atoms. The lowest BCUT2D eigenvalue weighted by atomic mass is 10.1. The summed E-state index contributed by atoms with van der Waals surface area (Å²) < 4.78 is 5.86. The van der Waals surface area contributed by atoms with Crippen LogP contribution in [0.15, 0.2) is 60.7 Å². The van der Waals surface area contributed by atoms with Crippen LogP contribution in [0, 0.1) is 5.92 Å². The number of hydrogen-bond donors (Lipinski definition) is 0. The molecule has 0 aromatic heterocycles. The summed E-state index contributed by atoms with van der Waals surface area (Å²) in [5.41, 5.74) is 2.58. The van der Waals surface area contributed by atoms with E-state index in [0.29, 0.717) is 18.4 Å². The Morgan fingerprint density at radius 1 is 0.900 bits per heavy atom. The number of benzene rings is 2. The summed E-state index contributed by atoms with van der Waals surface area (Å²) in [6.45, 7) is 1.43. The highest BCUT2D eigenvalue weighted by Gasteiger charge is 2.62. The van der Waals surface area contributed by atoms with Crippen molar-refractivity contribution in [2.45, 2.75) is 15.8 Å². The molecule has 1 fully saturated rings. The van der Waals surface area contributed by atoms with Crippen molar-refractivity contribution in [3.05, 3.63) is 71.8 Å². The number of ether oxygens (including phenoxy) is 1. The first-order valence-electron chi connectivity index (χ1n) is 6.74. The SMILES string of the molecule is BrC1(Br)[C@@H](COCc2ccccc2)[C@@H]1c1ccccc1. The predicted octanol–water partition coefficient (Wildman–Crippen LogP) is 5.10. The molecule has 3 rings (SSSR count). The van der Waals surface area contributed by atoms with E-state index in [9.17, 15) is 0 Å². The first kappa shape index (κ1) is 14.3. The summed E-state index contributed by atoms with van der Waals surface area (Å²) in [4.78, 5) is 0. The minimum absolute atomic E-state index is 0.0158. The molecule has 0 radical (unpaired) electrons. The van der Waals surface area contributed by atoms with Crippen LogP contribution in [-0.2, 0) is 11.3 Å². The molecular weight excluding hydrogens is 380 g/mol. The summed E-state index contributed by atoms with van der Waals surface area (Å²) in [6, 6.07) is 20.9. The highest BCUT2D eigenvalue weighted by atomic mass is 79.9. The first-order chi connectivity index (χ1) is 9.69. The molecule has 1 aliphatic carbocycles. The van der Waals surface area contributed by atoms with Crippen LogP contribution < -0.4 is 0 Å². The second-order valence-corrected chi connectivity index (χ2v) is 8.86. The molecule has 1 saturated carbocycles. The van der Waals surface area contributed by atoms with Gasteiger partial charge in [-0.2, -0.15) is 0 Å². The second-order valence-electron chi connectivity index (χ2n) is 5.17. The maximum atomic E-state index is 5.87. The van der Waals surface area contributed by atoms with E-state index in [1.807, 2.05) is 18.2 Å². The maximum Gasteiger partial charge on any atom is 0.0934 e. The van der Waals surface area contributed by atoms with Gasteiger partial charge in [-0.15, -0.1) is 0 Å². The molecule has 0 N–H and O–H groups in total. The van der Waals surface area contributed by atoms with Gasteiger partial charge < -0.3 is 4.74 Å². The van der Waals surface area contributed by atoms with Gasteiger partial charge in [0.25, 0.3) is 0 Å². The molecule has 0 unspecified atom stereocenters. The molecule has 2 atom stereocenters. The van der Waals surface area contributed by atoms with E-state index in [2.05, 4.69) is 74.3 Å². The summed E-state index contributed by atoms with van der Waals surface area (Å²) >= 11 is 7.56. The Hall–Kier alpha value is -0.640. The third-order valence-electron chi connectivity index (χ3n) is 3.77. The molecule has 1 aliphatic rings. The molecule has 3 heteroatoms. The van der Waals surface area contributed by atoms with Crippen molar-refractivity contribution < 1.29 is 4.74 Å². The van der Waals surface area contributed by atoms with Crippen LogP contribution in [0.3, 0.4) is 0 Å². The minimum atomic E-state index is -0.0158. The lowest BCUT2D eigenvalue weighted by Crippen LogP contribution is -2.01. The Morgan fingerprint density at radius 3 is 2.15 bits per heavy atom. The molecule has 0 aliphatic heterocycles. The van der Waals surface area contributed by atoms with E-state index in [-0.39, 0.29) is 3.23 Å². The van der Waals surface area contributed by atoms with Crippen molar-refractivity contribution in [3.8, 4) is 0 Å². The van der Waals surface area contributed by atoms with Gasteiger partial charge in [0.05, 0.1) is 16.4 Å². The number of rotatable bonds is 5. The number of halogens is 2. The molecule has 2 aromatic carbocycles. The van der Waals surface area contributed by atoms with Crippen LogP contribution in [0.5, 0.6) is 0 Å². The Morgan fingerprint density at radius 2 is 1.50 bits per heavy atom. The van der Waals surface area contributed by atoms with Gasteiger partial charge in [0.15, 0.2) is 0 Å². The van der Waals surface area contributed by atoms with E-state index in [1.165, 1.54) is 11.1 Å². The maximum absolute atomic E-state index is 5.87. The molecule has 1 nitrogen and oxygen atoms in total. The van der Waals surface area contributed by atoms with Gasteiger partial charge in [0.2, 0.25) is 0 Å². The van der Waals surface area contributed by atoms with Crippen LogP contribution in [-0.4, -0.2) is 9.84 Å². The quantitative estimate of drug-likeness (QED) is 0.639. The lowest BCUT2D eigenvalue weighted by Gasteiger charge is -2.04. The Labute approximate surface area is 136 Å². The molecule has 104 valence electrons. The average Bonchev–Trinajstić information content (AvgIpc) is 3.02. The van der Waals surface area contributed by atoms with Gasteiger partial charge in [-0.1, -0.05) is 92.5 Å². The molecule has 20 heavy (non-hydrogen) atoms. The zero-order chi connectivity index (χ0) is 14.0. The summed E-state index contributed by atoms with van der Waals surface area (Å²) in [6.07, 6.45) is 0. The average molecular weight is 396 g/mol. The summed E-state index contributed by atoms with van der Waals surface area (Å²) in [5.74, 6) is 0.938. The first-order valence-corrected chi connectivity index (χ1v) is 8.32. The fourth-order valence-electron chi connectivity index (χ4n) is 2.59. The van der Waals surface area contributed by atoms with Crippen molar-refractivity contribution in [1.82, 2.24) is 0 Å². The van der Waals surface area contributed by atoms with Gasteiger partial charge in [-0.3, -0.25) is 0 Å². The van der Waals surface area contributed by atoms with Gasteiger partial charge >= 0.3 is 0 Å². The summed E-state index contributed by atoms with van der Waals surface area (Å²) in [7, 11) is 0. The van der Waals surface area contributed by atoms with E-state index >= 15 is 0 Å². The lowest BCUT2D eigenvalue weighted by molar-refractivity contribution is 0.110. The minimum Gasteiger partial charge on any atom is -0.376 e. The van der Waals surface area contributed by atoms with E-state index in [4.69, 9.17) is 4.74 Å². The third kappa shape index (κ3) is 3.00. The smallest absolute Gasteiger partial charge is 0.0934 e. The topological polar surface area (TPSA) is 9.23 Å². The van der Waals surface area contributed by atoms with Gasteiger partial charge in [-0.25, -0.2) is 0 Å². The van der Waals surface area contributed by atoms with Crippen molar-refractivity contribution in [2.24, 2.45) is 5.92 Å². The third-order valence-corrected chi connectivity index (χ3v) is 5.93. The van der Waals surface area contributed by atoms with Gasteiger partial charge in [0.1, 0.15) is 0 Å². The largest absolute Gasteiger partial charge is 0.376 e. The Kier molecular flexibility index (Phi) is 4.29. The fraction of sp³-hybridized carbons (Fsp3) is 0.294. The Bertz CT molecular complexity index is 554. The van der Waals surface area contributed by atoms with E-state index in [0.717, 1.165) is 6.61 Å². The Balaban J connectivity index is 1.56. The highest BCUT2D eigenvalue weighted by molar-refractivity contribution is 9.25. The fourth-order valence-corrected chi connectivity index (χ4v) is 4.29. The standard InChI is InChI=1S/C17H16Br2O/c18-17(19)15(16(17)14-9-5-2-6-10-14)12-20-11-13-7-3-1-4-8-13/h1-10,15-16H,11-12H2/t15-,16-/m0/s1. The van der Waals surface area contributed by atoms with Crippen LogP contribution in [0.4, 0.5) is 0 Å². The zero-order valence-corrected chi connectivity index (χ0v) is 14.2. The highest BCUT2D eigenvalue weighted by Crippen LogP contribution is 2.67. The van der Waals surface area contributed by atoms with Crippen molar-refractivity contribution >= 4 is 31.9 Å². The van der Waals surface area contributed by atoms with E-state index < -0.39 is 0 Å². The molecular formula is C17H16Br2O. The van der Waals surface area contributed by atoms with Crippen LogP contribution in [0.1, 0.15) is 17.0 Å². The number of hydrogen-bond acceptors (Lipinski definition) is 1. The van der Waals surface area contributed by atoms with Crippen LogP contribution in [0.2, 0.25) is 0 Å². The van der Waals surface area contributed by atoms with Gasteiger partial charge in [0, 0.05) is 11.8 Å². The summed E-state index contributed by atoms with van der Waals surface area (Å²) in [5, 5.41) is 0. The normalized spacial score (nSPS) is 23.5. The zero-order valence-electron chi connectivity index (χ0n) is 11.0. The molecule has 0 saturated heterocycles. The van der Waals surface area contributed by atoms with Crippen LogP contribution >= 0.6 is 31.9 Å². The molecule has 0 amide bonds.